The predicted molar refractivity (Wildman–Crippen MR) is 122 cm³/mol. The number of benzene rings is 2. The first-order valence-electron chi connectivity index (χ1n) is 11.0. The zero-order valence-corrected chi connectivity index (χ0v) is 18.5. The second kappa shape index (κ2) is 8.57. The van der Waals surface area contributed by atoms with E-state index in [4.69, 9.17) is 0 Å². The summed E-state index contributed by atoms with van der Waals surface area (Å²) in [5.74, 6) is 1.65. The number of carbonyl (C=O) groups is 1. The van der Waals surface area contributed by atoms with Gasteiger partial charge in [0.05, 0.1) is 5.69 Å². The molecule has 0 aliphatic carbocycles. The quantitative estimate of drug-likeness (QED) is 0.507. The number of hydrogen-bond donors (Lipinski definition) is 1. The van der Waals surface area contributed by atoms with Crippen molar-refractivity contribution < 1.29 is 9.18 Å². The maximum atomic E-state index is 13.2. The van der Waals surface area contributed by atoms with Gasteiger partial charge in [0.15, 0.2) is 5.82 Å². The molecule has 3 heterocycles. The second-order valence-corrected chi connectivity index (χ2v) is 8.26. The molecule has 33 heavy (non-hydrogen) atoms. The summed E-state index contributed by atoms with van der Waals surface area (Å²) in [6.45, 7) is 4.58. The zero-order chi connectivity index (χ0) is 22.9. The largest absolute Gasteiger partial charge is 0.319 e. The predicted octanol–water partition coefficient (Wildman–Crippen LogP) is 4.26. The lowest BCUT2D eigenvalue weighted by Crippen LogP contribution is -2.15. The van der Waals surface area contributed by atoms with Crippen LogP contribution in [0.2, 0.25) is 0 Å². The van der Waals surface area contributed by atoms with Crippen LogP contribution < -0.4 is 5.32 Å². The van der Waals surface area contributed by atoms with E-state index in [1.165, 1.54) is 23.2 Å². The first-order valence-corrected chi connectivity index (χ1v) is 11.0. The van der Waals surface area contributed by atoms with Crippen molar-refractivity contribution >= 4 is 11.6 Å². The molecule has 0 spiro atoms. The first-order chi connectivity index (χ1) is 16.0. The summed E-state index contributed by atoms with van der Waals surface area (Å²) in [5.41, 5.74) is 3.11. The maximum absolute atomic E-state index is 13.2. The molecule has 0 unspecified atom stereocenters. The Morgan fingerprint density at radius 3 is 2.67 bits per heavy atom. The lowest BCUT2D eigenvalue weighted by Gasteiger charge is -2.11. The van der Waals surface area contributed by atoms with Crippen LogP contribution in [-0.2, 0) is 13.0 Å². The van der Waals surface area contributed by atoms with Crippen LogP contribution in [0.25, 0.3) is 17.1 Å². The average Bonchev–Trinajstić information content (AvgIpc) is 3.31. The number of halogens is 1. The normalized spacial score (nSPS) is 13.4. The molecule has 2 aromatic carbocycles. The molecule has 0 saturated carbocycles. The van der Waals surface area contributed by atoms with Crippen molar-refractivity contribution in [3.8, 4) is 17.1 Å². The molecule has 1 aliphatic rings. The minimum Gasteiger partial charge on any atom is -0.319 e. The van der Waals surface area contributed by atoms with Gasteiger partial charge in [-0.15, -0.1) is 15.3 Å². The molecule has 0 saturated heterocycles. The van der Waals surface area contributed by atoms with E-state index in [1.807, 2.05) is 25.1 Å². The maximum Gasteiger partial charge on any atom is 0.295 e. The van der Waals surface area contributed by atoms with Crippen LogP contribution in [-0.4, -0.2) is 35.4 Å². The Balaban J connectivity index is 1.41. The van der Waals surface area contributed by atoms with E-state index in [1.54, 1.807) is 19.1 Å². The number of nitrogens with one attached hydrogen (secondary N) is 1. The van der Waals surface area contributed by atoms with Gasteiger partial charge in [0, 0.05) is 24.2 Å². The van der Waals surface area contributed by atoms with E-state index in [9.17, 15) is 9.18 Å². The minimum atomic E-state index is -0.417. The van der Waals surface area contributed by atoms with Gasteiger partial charge in [-0.1, -0.05) is 18.6 Å². The molecule has 0 fully saturated rings. The van der Waals surface area contributed by atoms with Crippen molar-refractivity contribution in [2.45, 2.75) is 46.1 Å². The summed E-state index contributed by atoms with van der Waals surface area (Å²) in [7, 11) is 0. The van der Waals surface area contributed by atoms with Gasteiger partial charge in [0.1, 0.15) is 17.5 Å². The summed E-state index contributed by atoms with van der Waals surface area (Å²) < 4.78 is 16.9. The van der Waals surface area contributed by atoms with Crippen LogP contribution in [0.1, 0.15) is 47.1 Å². The number of fused-ring (bicyclic) bond motifs is 1. The highest BCUT2D eigenvalue weighted by atomic mass is 19.1. The fraction of sp³-hybridized carbons (Fsp3) is 0.292. The third kappa shape index (κ3) is 4.13. The number of amides is 1. The van der Waals surface area contributed by atoms with E-state index in [-0.39, 0.29) is 11.6 Å². The van der Waals surface area contributed by atoms with Gasteiger partial charge in [-0.3, -0.25) is 4.79 Å². The van der Waals surface area contributed by atoms with E-state index in [2.05, 4.69) is 30.2 Å². The van der Waals surface area contributed by atoms with Crippen molar-refractivity contribution in [3.63, 3.8) is 0 Å². The number of aryl methyl sites for hydroxylation is 3. The highest BCUT2D eigenvalue weighted by Gasteiger charge is 2.19. The fourth-order valence-electron chi connectivity index (χ4n) is 4.09. The summed E-state index contributed by atoms with van der Waals surface area (Å²) in [6, 6.07) is 11.7. The molecular formula is C24H24FN7O. The number of nitrogens with zero attached hydrogens (tertiary/aromatic N) is 6. The van der Waals surface area contributed by atoms with Crippen molar-refractivity contribution in [2.24, 2.45) is 0 Å². The van der Waals surface area contributed by atoms with E-state index < -0.39 is 5.91 Å². The molecule has 0 radical (unpaired) electrons. The number of anilines is 1. The van der Waals surface area contributed by atoms with Crippen LogP contribution >= 0.6 is 0 Å². The first kappa shape index (κ1) is 21.0. The van der Waals surface area contributed by atoms with E-state index in [0.29, 0.717) is 17.2 Å². The van der Waals surface area contributed by atoms with Crippen molar-refractivity contribution in [3.05, 3.63) is 71.3 Å². The van der Waals surface area contributed by atoms with Crippen LogP contribution in [0.3, 0.4) is 0 Å². The summed E-state index contributed by atoms with van der Waals surface area (Å²) in [4.78, 5) is 17.2. The monoisotopic (exact) mass is 445 g/mol. The van der Waals surface area contributed by atoms with Gasteiger partial charge in [-0.25, -0.2) is 14.1 Å². The van der Waals surface area contributed by atoms with Crippen LogP contribution in [0.4, 0.5) is 10.1 Å². The molecule has 1 N–H and O–H groups in total. The Kier molecular flexibility index (Phi) is 5.45. The smallest absolute Gasteiger partial charge is 0.295 e. The van der Waals surface area contributed by atoms with Crippen LogP contribution in [0.5, 0.6) is 0 Å². The summed E-state index contributed by atoms with van der Waals surface area (Å²) in [6.07, 6.45) is 4.36. The highest BCUT2D eigenvalue weighted by molar-refractivity contribution is 6.02. The molecule has 5 rings (SSSR count). The lowest BCUT2D eigenvalue weighted by molar-refractivity contribution is 0.101. The topological polar surface area (TPSA) is 90.5 Å². The van der Waals surface area contributed by atoms with Gasteiger partial charge in [-0.05, 0) is 62.6 Å². The van der Waals surface area contributed by atoms with Crippen LogP contribution in [0.15, 0.2) is 42.5 Å². The number of hydrogen-bond acceptors (Lipinski definition) is 5. The van der Waals surface area contributed by atoms with Gasteiger partial charge >= 0.3 is 0 Å². The van der Waals surface area contributed by atoms with Crippen molar-refractivity contribution in [1.29, 1.82) is 0 Å². The third-order valence-electron chi connectivity index (χ3n) is 5.90. The molecule has 8 nitrogen and oxygen atoms in total. The Labute approximate surface area is 190 Å². The Bertz CT molecular complexity index is 1320. The number of carbonyl (C=O) groups excluding carboxylic acids is 1. The van der Waals surface area contributed by atoms with Crippen molar-refractivity contribution in [1.82, 2.24) is 29.5 Å². The molecular weight excluding hydrogens is 421 g/mol. The SMILES string of the molecule is Cc1ccc(-c2nnc3n2CCCCC3)cc1NC(=O)c1nc(C)n(-c2ccc(F)cc2)n1. The van der Waals surface area contributed by atoms with Crippen LogP contribution in [0, 0.1) is 19.7 Å². The van der Waals surface area contributed by atoms with Gasteiger partial charge < -0.3 is 9.88 Å². The van der Waals surface area contributed by atoms with Gasteiger partial charge in [-0.2, -0.15) is 0 Å². The van der Waals surface area contributed by atoms with Gasteiger partial charge in [0.25, 0.3) is 5.91 Å². The van der Waals surface area contributed by atoms with Crippen molar-refractivity contribution in [2.75, 3.05) is 5.32 Å². The molecule has 168 valence electrons. The van der Waals surface area contributed by atoms with E-state index in [0.717, 1.165) is 48.6 Å². The second-order valence-electron chi connectivity index (χ2n) is 8.26. The van der Waals surface area contributed by atoms with Gasteiger partial charge in [0.2, 0.25) is 5.82 Å². The highest BCUT2D eigenvalue weighted by Crippen LogP contribution is 2.27. The Hall–Kier alpha value is -3.88. The van der Waals surface area contributed by atoms with E-state index >= 15 is 0 Å². The molecule has 1 amide bonds. The molecule has 0 bridgehead atoms. The third-order valence-corrected chi connectivity index (χ3v) is 5.90. The minimum absolute atomic E-state index is 0.0398. The molecule has 0 atom stereocenters. The lowest BCUT2D eigenvalue weighted by atomic mass is 10.1. The molecule has 1 aliphatic heterocycles. The summed E-state index contributed by atoms with van der Waals surface area (Å²) >= 11 is 0. The molecule has 9 heteroatoms. The summed E-state index contributed by atoms with van der Waals surface area (Å²) in [5, 5.41) is 16.0. The molecule has 4 aromatic rings. The molecule has 2 aromatic heterocycles. The fourth-order valence-corrected chi connectivity index (χ4v) is 4.09. The zero-order valence-electron chi connectivity index (χ0n) is 18.5. The standard InChI is InChI=1S/C24H24FN7O/c1-15-7-8-17(23-29-28-21-6-4-3-5-13-31(21)23)14-20(15)27-24(33)22-26-16(2)32(30-22)19-11-9-18(25)10-12-19/h7-12,14H,3-6,13H2,1-2H3,(H,27,33). The number of rotatable bonds is 4. The Morgan fingerprint density at radius 2 is 1.85 bits per heavy atom. The average molecular weight is 446 g/mol. The Morgan fingerprint density at radius 1 is 1.03 bits per heavy atom. The number of aromatic nitrogens is 6.